The zero-order valence-electron chi connectivity index (χ0n) is 16.6. The summed E-state index contributed by atoms with van der Waals surface area (Å²) in [5.41, 5.74) is 2.10. The standard InChI is InChI=1S/C24H18ClNO4S/c1-29-21-9-5-3-7-19(21)26-23(27)22(31-24(26)28)14-17-6-2-4-8-20(17)30-15-16-10-12-18(25)13-11-16/h2-14H,15H2,1H3/b22-14-. The molecule has 1 fully saturated rings. The maximum Gasteiger partial charge on any atom is 0.298 e. The Kier molecular flexibility index (Phi) is 6.30. The highest BCUT2D eigenvalue weighted by atomic mass is 35.5. The molecule has 1 heterocycles. The minimum atomic E-state index is -0.396. The van der Waals surface area contributed by atoms with Crippen molar-refractivity contribution in [3.63, 3.8) is 0 Å². The van der Waals surface area contributed by atoms with Gasteiger partial charge in [-0.3, -0.25) is 9.59 Å². The number of imide groups is 1. The molecular weight excluding hydrogens is 434 g/mol. The predicted molar refractivity (Wildman–Crippen MR) is 124 cm³/mol. The van der Waals surface area contributed by atoms with Crippen LogP contribution in [0.5, 0.6) is 11.5 Å². The summed E-state index contributed by atoms with van der Waals surface area (Å²) in [6, 6.07) is 21.7. The zero-order valence-corrected chi connectivity index (χ0v) is 18.2. The summed E-state index contributed by atoms with van der Waals surface area (Å²) in [7, 11) is 1.50. The van der Waals surface area contributed by atoms with Crippen LogP contribution in [0.25, 0.3) is 6.08 Å². The van der Waals surface area contributed by atoms with E-state index in [2.05, 4.69) is 0 Å². The molecule has 4 rings (SSSR count). The minimum absolute atomic E-state index is 0.318. The van der Waals surface area contributed by atoms with Gasteiger partial charge >= 0.3 is 0 Å². The van der Waals surface area contributed by atoms with Crippen molar-refractivity contribution in [2.24, 2.45) is 0 Å². The van der Waals surface area contributed by atoms with Gasteiger partial charge in [-0.1, -0.05) is 54.1 Å². The summed E-state index contributed by atoms with van der Waals surface area (Å²) in [5, 5.41) is 0.287. The van der Waals surface area contributed by atoms with Crippen molar-refractivity contribution in [2.45, 2.75) is 6.61 Å². The Labute approximate surface area is 189 Å². The van der Waals surface area contributed by atoms with Gasteiger partial charge in [0.2, 0.25) is 0 Å². The molecule has 0 aromatic heterocycles. The molecule has 156 valence electrons. The largest absolute Gasteiger partial charge is 0.495 e. The van der Waals surface area contributed by atoms with E-state index in [0.29, 0.717) is 39.3 Å². The lowest BCUT2D eigenvalue weighted by atomic mass is 10.1. The Balaban J connectivity index is 1.58. The topological polar surface area (TPSA) is 55.8 Å². The van der Waals surface area contributed by atoms with Gasteiger partial charge in [0.1, 0.15) is 18.1 Å². The van der Waals surface area contributed by atoms with E-state index in [4.69, 9.17) is 21.1 Å². The van der Waals surface area contributed by atoms with Crippen molar-refractivity contribution < 1.29 is 19.1 Å². The number of benzene rings is 3. The van der Waals surface area contributed by atoms with E-state index in [0.717, 1.165) is 22.2 Å². The number of thioether (sulfide) groups is 1. The molecule has 0 spiro atoms. The maximum absolute atomic E-state index is 13.0. The number of methoxy groups -OCH3 is 1. The summed E-state index contributed by atoms with van der Waals surface area (Å²) < 4.78 is 11.3. The van der Waals surface area contributed by atoms with E-state index in [1.807, 2.05) is 36.4 Å². The first-order chi connectivity index (χ1) is 15.1. The van der Waals surface area contributed by atoms with Crippen LogP contribution in [0.15, 0.2) is 77.7 Å². The summed E-state index contributed by atoms with van der Waals surface area (Å²) in [6.45, 7) is 0.352. The first-order valence-electron chi connectivity index (χ1n) is 9.44. The van der Waals surface area contributed by atoms with Crippen molar-refractivity contribution in [2.75, 3.05) is 12.0 Å². The minimum Gasteiger partial charge on any atom is -0.495 e. The molecule has 0 aliphatic carbocycles. The molecule has 0 unspecified atom stereocenters. The van der Waals surface area contributed by atoms with Crippen LogP contribution in [-0.4, -0.2) is 18.3 Å². The molecular formula is C24H18ClNO4S. The molecule has 1 aliphatic rings. The molecule has 0 bridgehead atoms. The molecule has 31 heavy (non-hydrogen) atoms. The number of hydrogen-bond acceptors (Lipinski definition) is 5. The molecule has 2 amide bonds. The Hall–Kier alpha value is -3.22. The van der Waals surface area contributed by atoms with E-state index in [-0.39, 0.29) is 5.24 Å². The predicted octanol–water partition coefficient (Wildman–Crippen LogP) is 6.17. The number of ether oxygens (including phenoxy) is 2. The second kappa shape index (κ2) is 9.29. The number of para-hydroxylation sites is 3. The third kappa shape index (κ3) is 4.60. The van der Waals surface area contributed by atoms with E-state index >= 15 is 0 Å². The van der Waals surface area contributed by atoms with Gasteiger partial charge in [-0.25, -0.2) is 4.90 Å². The highest BCUT2D eigenvalue weighted by Gasteiger charge is 2.37. The molecule has 3 aromatic carbocycles. The Morgan fingerprint density at radius 2 is 1.61 bits per heavy atom. The summed E-state index contributed by atoms with van der Waals surface area (Å²) >= 11 is 6.82. The number of amides is 2. The van der Waals surface area contributed by atoms with Gasteiger partial charge < -0.3 is 9.47 Å². The van der Waals surface area contributed by atoms with Crippen molar-refractivity contribution >= 4 is 46.3 Å². The fourth-order valence-corrected chi connectivity index (χ4v) is 4.06. The zero-order chi connectivity index (χ0) is 21.8. The smallest absolute Gasteiger partial charge is 0.298 e. The average molecular weight is 452 g/mol. The Morgan fingerprint density at radius 3 is 2.35 bits per heavy atom. The monoisotopic (exact) mass is 451 g/mol. The molecule has 0 N–H and O–H groups in total. The highest BCUT2D eigenvalue weighted by Crippen LogP contribution is 2.40. The van der Waals surface area contributed by atoms with Crippen LogP contribution in [-0.2, 0) is 11.4 Å². The van der Waals surface area contributed by atoms with Crippen molar-refractivity contribution in [3.8, 4) is 11.5 Å². The lowest BCUT2D eigenvalue weighted by Crippen LogP contribution is -2.28. The summed E-state index contributed by atoms with van der Waals surface area (Å²) in [4.78, 5) is 27.1. The fraction of sp³-hybridized carbons (Fsp3) is 0.0833. The van der Waals surface area contributed by atoms with Crippen molar-refractivity contribution in [1.82, 2.24) is 0 Å². The van der Waals surface area contributed by atoms with Crippen molar-refractivity contribution in [3.05, 3.63) is 93.9 Å². The fourth-order valence-electron chi connectivity index (χ4n) is 3.10. The third-order valence-electron chi connectivity index (χ3n) is 4.63. The summed E-state index contributed by atoms with van der Waals surface area (Å²) in [5.74, 6) is 0.672. The van der Waals surface area contributed by atoms with Crippen LogP contribution in [0, 0.1) is 0 Å². The second-order valence-electron chi connectivity index (χ2n) is 6.64. The van der Waals surface area contributed by atoms with Crippen LogP contribution in [0.4, 0.5) is 10.5 Å². The van der Waals surface area contributed by atoms with Crippen LogP contribution < -0.4 is 14.4 Å². The van der Waals surface area contributed by atoms with E-state index in [1.54, 1.807) is 42.5 Å². The Morgan fingerprint density at radius 1 is 0.935 bits per heavy atom. The molecule has 5 nitrogen and oxygen atoms in total. The quantitative estimate of drug-likeness (QED) is 0.419. The second-order valence-corrected chi connectivity index (χ2v) is 8.07. The number of nitrogens with zero attached hydrogens (tertiary/aromatic N) is 1. The van der Waals surface area contributed by atoms with E-state index in [9.17, 15) is 9.59 Å². The lowest BCUT2D eigenvalue weighted by Gasteiger charge is -2.15. The van der Waals surface area contributed by atoms with Gasteiger partial charge in [0, 0.05) is 10.6 Å². The van der Waals surface area contributed by atoms with Crippen LogP contribution in [0.2, 0.25) is 5.02 Å². The van der Waals surface area contributed by atoms with Crippen LogP contribution in [0.3, 0.4) is 0 Å². The maximum atomic E-state index is 13.0. The van der Waals surface area contributed by atoms with Gasteiger partial charge in [0.25, 0.3) is 11.1 Å². The van der Waals surface area contributed by atoms with E-state index < -0.39 is 5.91 Å². The van der Waals surface area contributed by atoms with Gasteiger partial charge in [-0.15, -0.1) is 0 Å². The van der Waals surface area contributed by atoms with Gasteiger partial charge in [-0.05, 0) is 53.7 Å². The first kappa shape index (κ1) is 21.0. The SMILES string of the molecule is COc1ccccc1N1C(=O)S/C(=C\c2ccccc2OCc2ccc(Cl)cc2)C1=O. The third-order valence-corrected chi connectivity index (χ3v) is 5.75. The van der Waals surface area contributed by atoms with Crippen molar-refractivity contribution in [1.29, 1.82) is 0 Å². The molecule has 3 aromatic rings. The number of anilines is 1. The number of rotatable bonds is 6. The molecule has 7 heteroatoms. The number of carbonyl (C=O) groups excluding carboxylic acids is 2. The van der Waals surface area contributed by atoms with E-state index in [1.165, 1.54) is 7.11 Å². The molecule has 0 saturated carbocycles. The summed E-state index contributed by atoms with van der Waals surface area (Å²) in [6.07, 6.45) is 1.68. The van der Waals surface area contributed by atoms with Gasteiger partial charge in [0.15, 0.2) is 0 Å². The molecule has 0 atom stereocenters. The molecule has 1 saturated heterocycles. The number of halogens is 1. The lowest BCUT2D eigenvalue weighted by molar-refractivity contribution is -0.113. The molecule has 1 aliphatic heterocycles. The van der Waals surface area contributed by atoms with Crippen LogP contribution in [0.1, 0.15) is 11.1 Å². The molecule has 0 radical (unpaired) electrons. The number of hydrogen-bond donors (Lipinski definition) is 0. The first-order valence-corrected chi connectivity index (χ1v) is 10.6. The Bertz CT molecular complexity index is 1160. The normalized spacial score (nSPS) is 14.9. The van der Waals surface area contributed by atoms with Crippen LogP contribution >= 0.6 is 23.4 Å². The van der Waals surface area contributed by atoms with Gasteiger partial charge in [-0.2, -0.15) is 0 Å². The highest BCUT2D eigenvalue weighted by molar-refractivity contribution is 8.19. The number of carbonyl (C=O) groups is 2. The average Bonchev–Trinajstić information content (AvgIpc) is 3.06. The van der Waals surface area contributed by atoms with Gasteiger partial charge in [0.05, 0.1) is 17.7 Å².